The van der Waals surface area contributed by atoms with Crippen molar-refractivity contribution in [3.63, 3.8) is 0 Å². The molecule has 3 aliphatic heterocycles. The highest BCUT2D eigenvalue weighted by molar-refractivity contribution is 6.30. The number of para-hydroxylation sites is 1. The van der Waals surface area contributed by atoms with Crippen molar-refractivity contribution in [2.45, 2.75) is 90.5 Å². The molecule has 24 heteroatoms. The lowest BCUT2D eigenvalue weighted by Crippen LogP contribution is -2.55. The van der Waals surface area contributed by atoms with Crippen LogP contribution in [0.1, 0.15) is 93.6 Å². The molecule has 0 aliphatic carbocycles. The van der Waals surface area contributed by atoms with E-state index in [-0.39, 0.29) is 106 Å². The Hall–Kier alpha value is -6.08. The molecular formula is C57H81ClF2N10O11. The molecule has 5 N–H and O–H groups in total. The molecule has 6 rings (SSSR count). The van der Waals surface area contributed by atoms with Crippen molar-refractivity contribution in [3.8, 4) is 17.0 Å². The summed E-state index contributed by atoms with van der Waals surface area (Å²) < 4.78 is 40.6. The summed E-state index contributed by atoms with van der Waals surface area (Å²) in [7, 11) is 0. The van der Waals surface area contributed by atoms with Crippen molar-refractivity contribution in [1.29, 1.82) is 0 Å². The molecule has 21 nitrogen and oxygen atoms in total. The van der Waals surface area contributed by atoms with Crippen molar-refractivity contribution in [3.05, 3.63) is 76.4 Å². The number of ether oxygens (including phenoxy) is 2. The Morgan fingerprint density at radius 3 is 1.90 bits per heavy atom. The quantitative estimate of drug-likeness (QED) is 0.0806. The molecule has 3 amide bonds. The molecule has 4 heterocycles. The van der Waals surface area contributed by atoms with Crippen LogP contribution in [-0.2, 0) is 23.9 Å². The van der Waals surface area contributed by atoms with Crippen LogP contribution in [0.4, 0.5) is 14.5 Å². The average Bonchev–Trinajstić information content (AvgIpc) is 4.00. The van der Waals surface area contributed by atoms with Crippen molar-refractivity contribution in [2.75, 3.05) is 136 Å². The lowest BCUT2D eigenvalue weighted by Gasteiger charge is -2.43. The van der Waals surface area contributed by atoms with Gasteiger partial charge < -0.3 is 45.2 Å². The standard InChI is InChI=1S/C57H81ClF2N10O11/c1-7-41-33-69(55(79)42-14-13-39(58)31-44(42)53(59)60)28-29-70(41)46-16-15-45(43-11-9-10-12-47(43)80-8-2)62-52(46)54(78)61-40-17-19-68(32-40)38-57(5,6)81-30-18-56(3,4)63-48(71)34-64-20-22-65(35-49(72)73)24-26-67(37-51(76)77)27-25-66(23-21-64)36-50(74)75/h9-16,31,40-41,53H,7-8,17-30,32-38H2,1-6H3,(H,61,78)(H,63,71)(H,72,73)(H,74,75)(H,76,77). The largest absolute Gasteiger partial charge is 0.493 e. The second-order valence-corrected chi connectivity index (χ2v) is 22.7. The van der Waals surface area contributed by atoms with Crippen LogP contribution in [0.5, 0.6) is 5.75 Å². The molecule has 2 atom stereocenters. The number of aromatic nitrogens is 1. The third-order valence-electron chi connectivity index (χ3n) is 14.9. The van der Waals surface area contributed by atoms with Crippen LogP contribution in [0.3, 0.4) is 0 Å². The van der Waals surface area contributed by atoms with Crippen LogP contribution in [0.25, 0.3) is 11.3 Å². The van der Waals surface area contributed by atoms with E-state index >= 15 is 0 Å². The number of hydrogen-bond acceptors (Lipinski definition) is 15. The predicted octanol–water partition coefficient (Wildman–Crippen LogP) is 4.84. The van der Waals surface area contributed by atoms with Gasteiger partial charge in [0.25, 0.3) is 18.2 Å². The van der Waals surface area contributed by atoms with Crippen molar-refractivity contribution < 1.29 is 62.3 Å². The van der Waals surface area contributed by atoms with Crippen LogP contribution in [0.15, 0.2) is 54.6 Å². The van der Waals surface area contributed by atoms with E-state index in [1.807, 2.05) is 82.8 Å². The van der Waals surface area contributed by atoms with Crippen molar-refractivity contribution >= 4 is 52.9 Å². The highest BCUT2D eigenvalue weighted by Crippen LogP contribution is 2.34. The van der Waals surface area contributed by atoms with Gasteiger partial charge in [-0.2, -0.15) is 0 Å². The molecule has 3 aliphatic rings. The van der Waals surface area contributed by atoms with Gasteiger partial charge in [-0.3, -0.25) is 53.3 Å². The first kappa shape index (κ1) is 64.1. The molecule has 3 aromatic rings. The van der Waals surface area contributed by atoms with E-state index in [2.05, 4.69) is 20.4 Å². The molecule has 2 aromatic carbocycles. The van der Waals surface area contributed by atoms with E-state index < -0.39 is 46.9 Å². The number of benzene rings is 2. The summed E-state index contributed by atoms with van der Waals surface area (Å²) in [4.78, 5) is 95.0. The Morgan fingerprint density at radius 1 is 0.741 bits per heavy atom. The van der Waals surface area contributed by atoms with E-state index in [1.165, 1.54) is 12.1 Å². The summed E-state index contributed by atoms with van der Waals surface area (Å²) in [6.07, 6.45) is -1.16. The minimum Gasteiger partial charge on any atom is -0.493 e. The first-order valence-electron chi connectivity index (χ1n) is 27.8. The average molecular weight is 1160 g/mol. The maximum absolute atomic E-state index is 14.7. The van der Waals surface area contributed by atoms with E-state index in [0.29, 0.717) is 102 Å². The minimum atomic E-state index is -2.89. The van der Waals surface area contributed by atoms with Crippen molar-refractivity contribution in [1.82, 2.24) is 45.0 Å². The van der Waals surface area contributed by atoms with Gasteiger partial charge in [-0.1, -0.05) is 30.7 Å². The minimum absolute atomic E-state index is 0.0156. The van der Waals surface area contributed by atoms with Gasteiger partial charge in [0, 0.05) is 138 Å². The third kappa shape index (κ3) is 19.5. The molecule has 0 saturated carbocycles. The maximum Gasteiger partial charge on any atom is 0.317 e. The van der Waals surface area contributed by atoms with Crippen molar-refractivity contribution in [2.24, 2.45) is 0 Å². The lowest BCUT2D eigenvalue weighted by molar-refractivity contribution is -0.140. The Labute approximate surface area is 478 Å². The van der Waals surface area contributed by atoms with Gasteiger partial charge in [-0.15, -0.1) is 0 Å². The van der Waals surface area contributed by atoms with Crippen LogP contribution >= 0.6 is 11.6 Å². The number of aliphatic carboxylic acids is 3. The lowest BCUT2D eigenvalue weighted by atomic mass is 10.0. The number of piperazine rings is 1. The number of pyridine rings is 1. The monoisotopic (exact) mass is 1150 g/mol. The first-order valence-corrected chi connectivity index (χ1v) is 28.2. The number of amides is 3. The Bertz CT molecular complexity index is 2620. The highest BCUT2D eigenvalue weighted by atomic mass is 35.5. The Kier molecular flexibility index (Phi) is 23.5. The molecule has 81 heavy (non-hydrogen) atoms. The normalized spacial score (nSPS) is 19.0. The SMILES string of the molecule is CCOc1ccccc1-c1ccc(N2CCN(C(=O)c3ccc(Cl)cc3C(F)F)CC2CC)c(C(=O)NC2CCN(CC(C)(C)OCCC(C)(C)NC(=O)CN3CCN(CC(=O)O)CCN(CC(=O)O)CCN(CC(=O)O)CC3)C2)n1. The fraction of sp³-hybridized carbons (Fsp3) is 0.596. The van der Waals surface area contributed by atoms with Gasteiger partial charge in [0.1, 0.15) is 5.75 Å². The van der Waals surface area contributed by atoms with Gasteiger partial charge >= 0.3 is 17.9 Å². The Morgan fingerprint density at radius 2 is 1.33 bits per heavy atom. The van der Waals surface area contributed by atoms with Gasteiger partial charge in [-0.05, 0) is 96.3 Å². The molecular weight excluding hydrogens is 1070 g/mol. The summed E-state index contributed by atoms with van der Waals surface area (Å²) in [5, 5.41) is 35.2. The van der Waals surface area contributed by atoms with Crippen LogP contribution in [-0.4, -0.2) is 240 Å². The first-order chi connectivity index (χ1) is 38.4. The molecule has 0 spiro atoms. The van der Waals surface area contributed by atoms with Crippen LogP contribution in [0, 0.1) is 0 Å². The summed E-state index contributed by atoms with van der Waals surface area (Å²) in [6.45, 7) is 16.5. The molecule has 2 unspecified atom stereocenters. The molecule has 1 aromatic heterocycles. The fourth-order valence-electron chi connectivity index (χ4n) is 10.7. The number of carbonyl (C=O) groups is 6. The summed E-state index contributed by atoms with van der Waals surface area (Å²) in [6, 6.07) is 14.6. The number of anilines is 1. The Balaban J connectivity index is 1.06. The topological polar surface area (TPSA) is 241 Å². The second kappa shape index (κ2) is 29.8. The van der Waals surface area contributed by atoms with E-state index in [9.17, 15) is 52.9 Å². The maximum atomic E-state index is 14.7. The number of carbonyl (C=O) groups excluding carboxylic acids is 3. The molecule has 0 radical (unpaired) electrons. The molecule has 0 bridgehead atoms. The van der Waals surface area contributed by atoms with E-state index in [0.717, 1.165) is 11.6 Å². The van der Waals surface area contributed by atoms with Crippen LogP contribution in [0.2, 0.25) is 5.02 Å². The number of nitrogens with one attached hydrogen (secondary N) is 2. The molecule has 446 valence electrons. The summed E-state index contributed by atoms with van der Waals surface area (Å²) >= 11 is 6.03. The van der Waals surface area contributed by atoms with Gasteiger partial charge in [-0.25, -0.2) is 13.8 Å². The number of carboxylic acids is 3. The third-order valence-corrected chi connectivity index (χ3v) is 15.1. The number of rotatable bonds is 24. The molecule has 3 saturated heterocycles. The number of likely N-dealkylation sites (tertiary alicyclic amines) is 1. The predicted molar refractivity (Wildman–Crippen MR) is 302 cm³/mol. The van der Waals surface area contributed by atoms with Gasteiger partial charge in [0.05, 0.1) is 49.8 Å². The van der Waals surface area contributed by atoms with Gasteiger partial charge in [0.2, 0.25) is 5.91 Å². The van der Waals surface area contributed by atoms with Gasteiger partial charge in [0.15, 0.2) is 5.69 Å². The highest BCUT2D eigenvalue weighted by Gasteiger charge is 2.36. The zero-order valence-corrected chi connectivity index (χ0v) is 48.3. The fourth-order valence-corrected chi connectivity index (χ4v) is 10.9. The number of halogens is 3. The van der Waals surface area contributed by atoms with Crippen LogP contribution < -0.4 is 20.3 Å². The summed E-state index contributed by atoms with van der Waals surface area (Å²) in [5.41, 5.74) is 0.245. The van der Waals surface area contributed by atoms with E-state index in [1.54, 1.807) is 19.6 Å². The van der Waals surface area contributed by atoms with E-state index in [4.69, 9.17) is 26.1 Å². The zero-order valence-electron chi connectivity index (χ0n) is 47.5. The number of carboxylic acid groups (broad SMARTS) is 3. The number of alkyl halides is 2. The summed E-state index contributed by atoms with van der Waals surface area (Å²) in [5.74, 6) is -3.61. The number of hydrogen-bond donors (Lipinski definition) is 5. The smallest absolute Gasteiger partial charge is 0.317 e. The zero-order chi connectivity index (χ0) is 59.0. The number of nitrogens with zero attached hydrogens (tertiary/aromatic N) is 8. The molecule has 3 fully saturated rings. The second-order valence-electron chi connectivity index (χ2n) is 22.3.